The van der Waals surface area contributed by atoms with E-state index in [9.17, 15) is 4.79 Å². The number of carbonyl (C=O) groups excluding carboxylic acids is 1. The fraction of sp³-hybridized carbons (Fsp3) is 0.850. The Morgan fingerprint density at radius 3 is 2.78 bits per heavy atom. The molecule has 23 heavy (non-hydrogen) atoms. The summed E-state index contributed by atoms with van der Waals surface area (Å²) in [5, 5.41) is 0. The highest BCUT2D eigenvalue weighted by Crippen LogP contribution is 2.52. The lowest BCUT2D eigenvalue weighted by Crippen LogP contribution is -2.64. The number of allylic oxidation sites excluding steroid dienone is 1. The topological polar surface area (TPSA) is 29.5 Å². The van der Waals surface area contributed by atoms with E-state index in [1.54, 1.807) is 0 Å². The first-order valence-electron chi connectivity index (χ1n) is 9.60. The van der Waals surface area contributed by atoms with E-state index in [1.807, 2.05) is 0 Å². The molecule has 2 aliphatic heterocycles. The van der Waals surface area contributed by atoms with Gasteiger partial charge in [-0.3, -0.25) is 4.79 Å². The van der Waals surface area contributed by atoms with Gasteiger partial charge in [-0.05, 0) is 51.4 Å². The Balaban J connectivity index is 1.67. The maximum Gasteiger partial charge on any atom is 0.228 e. The number of fused-ring (bicyclic) bond motifs is 4. The smallest absolute Gasteiger partial charge is 0.228 e. The van der Waals surface area contributed by atoms with Crippen LogP contribution in [-0.4, -0.2) is 28.7 Å². The molecule has 4 aliphatic rings. The quantitative estimate of drug-likeness (QED) is 0.684. The predicted molar refractivity (Wildman–Crippen MR) is 90.6 cm³/mol. The summed E-state index contributed by atoms with van der Waals surface area (Å²) in [7, 11) is 0. The van der Waals surface area contributed by atoms with E-state index in [-0.39, 0.29) is 23.6 Å². The summed E-state index contributed by atoms with van der Waals surface area (Å²) in [6.07, 6.45) is 10.7. The zero-order valence-electron chi connectivity index (χ0n) is 15.0. The molecule has 0 aromatic heterocycles. The fourth-order valence-electron chi connectivity index (χ4n) is 5.73. The van der Waals surface area contributed by atoms with Crippen molar-refractivity contribution in [3.63, 3.8) is 0 Å². The van der Waals surface area contributed by atoms with E-state index in [4.69, 9.17) is 4.74 Å². The molecular weight excluding hydrogens is 286 g/mol. The van der Waals surface area contributed by atoms with Crippen molar-refractivity contribution < 1.29 is 9.53 Å². The van der Waals surface area contributed by atoms with Gasteiger partial charge < -0.3 is 9.64 Å². The van der Waals surface area contributed by atoms with Crippen LogP contribution in [0.25, 0.3) is 0 Å². The maximum absolute atomic E-state index is 13.2. The summed E-state index contributed by atoms with van der Waals surface area (Å²) in [4.78, 5) is 15.3. The maximum atomic E-state index is 13.2. The van der Waals surface area contributed by atoms with Gasteiger partial charge in [0.2, 0.25) is 5.91 Å². The van der Waals surface area contributed by atoms with Gasteiger partial charge in [0.15, 0.2) is 0 Å². The number of hydrogen-bond donors (Lipinski definition) is 0. The molecule has 3 nitrogen and oxygen atoms in total. The molecule has 0 aromatic carbocycles. The highest BCUT2D eigenvalue weighted by molar-refractivity contribution is 5.83. The second-order valence-corrected chi connectivity index (χ2v) is 8.92. The van der Waals surface area contributed by atoms with Crippen molar-refractivity contribution >= 4 is 5.91 Å². The molecular formula is C20H31NO2. The van der Waals surface area contributed by atoms with Crippen LogP contribution in [0, 0.1) is 29.6 Å². The molecule has 0 radical (unpaired) electrons. The molecule has 2 saturated heterocycles. The van der Waals surface area contributed by atoms with Crippen LogP contribution >= 0.6 is 0 Å². The second kappa shape index (κ2) is 5.34. The van der Waals surface area contributed by atoms with Gasteiger partial charge in [0, 0.05) is 23.3 Å². The van der Waals surface area contributed by atoms with Gasteiger partial charge >= 0.3 is 0 Å². The Labute approximate surface area is 140 Å². The normalized spacial score (nSPS) is 47.9. The summed E-state index contributed by atoms with van der Waals surface area (Å²) >= 11 is 0. The van der Waals surface area contributed by atoms with E-state index in [2.05, 4.69) is 44.7 Å². The van der Waals surface area contributed by atoms with Gasteiger partial charge in [-0.2, -0.15) is 0 Å². The number of nitrogens with zero attached hydrogens (tertiary/aromatic N) is 1. The lowest BCUT2D eigenvalue weighted by molar-refractivity contribution is -0.224. The minimum atomic E-state index is -0.0717. The fourth-order valence-corrected chi connectivity index (χ4v) is 5.73. The highest BCUT2D eigenvalue weighted by Gasteiger charge is 2.60. The number of amides is 1. The van der Waals surface area contributed by atoms with Crippen LogP contribution in [0.4, 0.5) is 0 Å². The first-order chi connectivity index (χ1) is 10.9. The van der Waals surface area contributed by atoms with Crippen molar-refractivity contribution in [2.75, 3.05) is 0 Å². The van der Waals surface area contributed by atoms with Crippen LogP contribution in [0.5, 0.6) is 0 Å². The molecule has 128 valence electrons. The van der Waals surface area contributed by atoms with Crippen LogP contribution < -0.4 is 0 Å². The third-order valence-corrected chi connectivity index (χ3v) is 7.19. The van der Waals surface area contributed by atoms with Gasteiger partial charge in [0.05, 0.1) is 6.10 Å². The Hall–Kier alpha value is -0.830. The van der Waals surface area contributed by atoms with Crippen molar-refractivity contribution in [1.82, 2.24) is 4.90 Å². The number of carbonyl (C=O) groups is 1. The monoisotopic (exact) mass is 317 g/mol. The lowest BCUT2D eigenvalue weighted by atomic mass is 9.70. The minimum Gasteiger partial charge on any atom is -0.354 e. The Kier molecular flexibility index (Phi) is 3.64. The lowest BCUT2D eigenvalue weighted by Gasteiger charge is -2.55. The van der Waals surface area contributed by atoms with Gasteiger partial charge in [-0.1, -0.05) is 32.4 Å². The molecule has 1 amide bonds. The SMILES string of the molecule is CC[C@@H]1C=C[C@@H]2C3O[C@@H]4C[C@H](C)CC[C@H]4C(C)(C)N3C(=O)[C@H]2C1. The van der Waals surface area contributed by atoms with Crippen molar-refractivity contribution in [3.8, 4) is 0 Å². The third-order valence-electron chi connectivity index (χ3n) is 7.19. The summed E-state index contributed by atoms with van der Waals surface area (Å²) < 4.78 is 6.58. The average molecular weight is 317 g/mol. The highest BCUT2D eigenvalue weighted by atomic mass is 16.5. The Morgan fingerprint density at radius 1 is 1.26 bits per heavy atom. The molecule has 7 atom stereocenters. The Morgan fingerprint density at radius 2 is 2.04 bits per heavy atom. The molecule has 0 aromatic rings. The minimum absolute atomic E-state index is 0.0249. The number of hydrogen-bond acceptors (Lipinski definition) is 2. The summed E-state index contributed by atoms with van der Waals surface area (Å²) in [5.74, 6) is 2.56. The van der Waals surface area contributed by atoms with Gasteiger partial charge in [0.1, 0.15) is 6.23 Å². The van der Waals surface area contributed by atoms with Crippen molar-refractivity contribution in [3.05, 3.63) is 12.2 Å². The largest absolute Gasteiger partial charge is 0.354 e. The first-order valence-corrected chi connectivity index (χ1v) is 9.60. The van der Waals surface area contributed by atoms with E-state index in [1.165, 1.54) is 12.8 Å². The zero-order chi connectivity index (χ0) is 16.4. The van der Waals surface area contributed by atoms with E-state index in [0.717, 1.165) is 25.2 Å². The Bertz CT molecular complexity index is 526. The molecule has 2 heterocycles. The zero-order valence-corrected chi connectivity index (χ0v) is 15.0. The van der Waals surface area contributed by atoms with Crippen LogP contribution in [0.3, 0.4) is 0 Å². The van der Waals surface area contributed by atoms with Crippen molar-refractivity contribution in [1.29, 1.82) is 0 Å². The summed E-state index contributed by atoms with van der Waals surface area (Å²) in [5.41, 5.74) is -0.0717. The predicted octanol–water partition coefficient (Wildman–Crippen LogP) is 3.99. The van der Waals surface area contributed by atoms with Crippen LogP contribution in [0.1, 0.15) is 59.8 Å². The van der Waals surface area contributed by atoms with Crippen molar-refractivity contribution in [2.45, 2.75) is 77.7 Å². The molecule has 1 saturated carbocycles. The first kappa shape index (κ1) is 15.7. The summed E-state index contributed by atoms with van der Waals surface area (Å²) in [6, 6.07) is 0. The standard InChI is InChI=1S/C20H31NO2/c1-5-13-7-8-14-15(11-13)18(22)21-19(14)23-17-10-12(2)6-9-16(17)20(21,3)4/h7-8,12-17,19H,5-6,9-11H2,1-4H3/t12-,13-,14+,15+,16-,17-,19?/m1/s1. The van der Waals surface area contributed by atoms with Crippen LogP contribution in [-0.2, 0) is 9.53 Å². The second-order valence-electron chi connectivity index (χ2n) is 8.92. The molecule has 0 N–H and O–H groups in total. The van der Waals surface area contributed by atoms with E-state index >= 15 is 0 Å². The van der Waals surface area contributed by atoms with Gasteiger partial charge in [0.25, 0.3) is 0 Å². The number of rotatable bonds is 1. The number of ether oxygens (including phenoxy) is 1. The van der Waals surface area contributed by atoms with Crippen LogP contribution in [0.2, 0.25) is 0 Å². The molecule has 0 bridgehead atoms. The average Bonchev–Trinajstić information content (AvgIpc) is 2.80. The molecule has 3 heteroatoms. The van der Waals surface area contributed by atoms with E-state index < -0.39 is 0 Å². The van der Waals surface area contributed by atoms with Crippen molar-refractivity contribution in [2.24, 2.45) is 29.6 Å². The molecule has 4 rings (SSSR count). The van der Waals surface area contributed by atoms with E-state index in [0.29, 0.717) is 23.8 Å². The van der Waals surface area contributed by atoms with Crippen LogP contribution in [0.15, 0.2) is 12.2 Å². The molecule has 0 spiro atoms. The summed E-state index contributed by atoms with van der Waals surface area (Å²) in [6.45, 7) is 9.13. The third kappa shape index (κ3) is 2.22. The molecule has 1 unspecified atom stereocenters. The van der Waals surface area contributed by atoms with Gasteiger partial charge in [-0.15, -0.1) is 0 Å². The molecule has 3 fully saturated rings. The molecule has 2 aliphatic carbocycles. The van der Waals surface area contributed by atoms with Gasteiger partial charge in [-0.25, -0.2) is 0 Å².